The van der Waals surface area contributed by atoms with Gasteiger partial charge in [0.2, 0.25) is 0 Å². The molecule has 0 aliphatic heterocycles. The summed E-state index contributed by atoms with van der Waals surface area (Å²) in [5.74, 6) is 0.00806. The van der Waals surface area contributed by atoms with Gasteiger partial charge in [-0.2, -0.15) is 0 Å². The van der Waals surface area contributed by atoms with Crippen LogP contribution in [0.25, 0.3) is 10.9 Å². The number of aryl methyl sites for hydroxylation is 1. The highest BCUT2D eigenvalue weighted by atomic mass is 16.3. The van der Waals surface area contributed by atoms with Gasteiger partial charge in [0, 0.05) is 11.6 Å². The molecule has 0 bridgehead atoms. The van der Waals surface area contributed by atoms with Crippen LogP contribution in [0.15, 0.2) is 12.5 Å². The third kappa shape index (κ3) is 1.26. The first-order chi connectivity index (χ1) is 7.16. The van der Waals surface area contributed by atoms with Gasteiger partial charge in [-0.15, -0.1) is 0 Å². The van der Waals surface area contributed by atoms with Gasteiger partial charge in [-0.05, 0) is 25.0 Å². The van der Waals surface area contributed by atoms with Gasteiger partial charge in [0.1, 0.15) is 12.1 Å². The normalized spacial score (nSPS) is 10.5. The molecule has 0 amide bonds. The number of aromatic nitrogens is 2. The number of hydrogen-bond donors (Lipinski definition) is 1. The maximum Gasteiger partial charge on any atom is 0.156 e. The lowest BCUT2D eigenvalue weighted by atomic mass is 10.00. The van der Waals surface area contributed by atoms with Crippen LogP contribution in [0.2, 0.25) is 0 Å². The first kappa shape index (κ1) is 9.58. The van der Waals surface area contributed by atoms with E-state index in [0.29, 0.717) is 17.4 Å². The topological polar surface area (TPSA) is 63.1 Å². The van der Waals surface area contributed by atoms with Gasteiger partial charge in [0.05, 0.1) is 11.1 Å². The summed E-state index contributed by atoms with van der Waals surface area (Å²) >= 11 is 0. The van der Waals surface area contributed by atoms with Crippen LogP contribution in [0.5, 0.6) is 5.75 Å². The van der Waals surface area contributed by atoms with E-state index < -0.39 is 0 Å². The van der Waals surface area contributed by atoms with Crippen LogP contribution < -0.4 is 0 Å². The fourth-order valence-electron chi connectivity index (χ4n) is 1.62. The predicted molar refractivity (Wildman–Crippen MR) is 56.1 cm³/mol. The fourth-order valence-corrected chi connectivity index (χ4v) is 1.62. The van der Waals surface area contributed by atoms with E-state index in [0.717, 1.165) is 10.9 Å². The van der Waals surface area contributed by atoms with Crippen molar-refractivity contribution in [3.8, 4) is 5.75 Å². The third-order valence-electron chi connectivity index (χ3n) is 2.66. The summed E-state index contributed by atoms with van der Waals surface area (Å²) in [4.78, 5) is 18.8. The number of hydrogen-bond acceptors (Lipinski definition) is 4. The van der Waals surface area contributed by atoms with Gasteiger partial charge < -0.3 is 5.11 Å². The average molecular weight is 202 g/mol. The van der Waals surface area contributed by atoms with E-state index in [9.17, 15) is 9.90 Å². The number of carbonyl (C=O) groups excluding carboxylic acids is 1. The van der Waals surface area contributed by atoms with Crippen molar-refractivity contribution in [3.63, 3.8) is 0 Å². The van der Waals surface area contributed by atoms with Gasteiger partial charge >= 0.3 is 0 Å². The van der Waals surface area contributed by atoms with E-state index in [4.69, 9.17) is 0 Å². The summed E-state index contributed by atoms with van der Waals surface area (Å²) in [6.45, 7) is 3.64. The molecule has 2 aromatic rings. The summed E-state index contributed by atoms with van der Waals surface area (Å²) < 4.78 is 0. The summed E-state index contributed by atoms with van der Waals surface area (Å²) in [5.41, 5.74) is 2.32. The van der Waals surface area contributed by atoms with Crippen LogP contribution >= 0.6 is 0 Å². The van der Waals surface area contributed by atoms with Gasteiger partial charge in [-0.1, -0.05) is 0 Å². The number of phenols is 1. The lowest BCUT2D eigenvalue weighted by Crippen LogP contribution is -1.95. The molecule has 0 radical (unpaired) electrons. The molecule has 1 heterocycles. The summed E-state index contributed by atoms with van der Waals surface area (Å²) in [5, 5.41) is 10.6. The second-order valence-electron chi connectivity index (χ2n) is 3.42. The Bertz CT molecular complexity index is 550. The first-order valence-corrected chi connectivity index (χ1v) is 4.53. The second-order valence-corrected chi connectivity index (χ2v) is 3.42. The Labute approximate surface area is 86.6 Å². The molecule has 0 spiro atoms. The fraction of sp³-hybridized carbons (Fsp3) is 0.182. The van der Waals surface area contributed by atoms with Crippen LogP contribution in [-0.2, 0) is 0 Å². The Kier molecular flexibility index (Phi) is 2.11. The Morgan fingerprint density at radius 1 is 1.33 bits per heavy atom. The van der Waals surface area contributed by atoms with Crippen molar-refractivity contribution < 1.29 is 9.90 Å². The molecule has 1 aromatic carbocycles. The van der Waals surface area contributed by atoms with Gasteiger partial charge in [-0.3, -0.25) is 4.79 Å². The standard InChI is InChI=1S/C11H10N2O2/c1-6-7(2)11(15)9(4-14)10-8(6)3-12-5-13-10/h3-5,15H,1-2H3. The SMILES string of the molecule is Cc1c(O)c(C=O)c2ncncc2c1C. The zero-order chi connectivity index (χ0) is 11.0. The van der Waals surface area contributed by atoms with Crippen molar-refractivity contribution in [2.45, 2.75) is 13.8 Å². The van der Waals surface area contributed by atoms with Crippen molar-refractivity contribution in [2.24, 2.45) is 0 Å². The van der Waals surface area contributed by atoms with Crippen LogP contribution in [0.4, 0.5) is 0 Å². The molecule has 0 saturated carbocycles. The molecular formula is C11H10N2O2. The summed E-state index contributed by atoms with van der Waals surface area (Å²) in [7, 11) is 0. The van der Waals surface area contributed by atoms with E-state index in [1.807, 2.05) is 6.92 Å². The zero-order valence-electron chi connectivity index (χ0n) is 8.48. The molecule has 0 atom stereocenters. The van der Waals surface area contributed by atoms with Gasteiger partial charge in [0.25, 0.3) is 0 Å². The number of aromatic hydroxyl groups is 1. The maximum atomic E-state index is 10.9. The Morgan fingerprint density at radius 2 is 2.07 bits per heavy atom. The van der Waals surface area contributed by atoms with Gasteiger partial charge in [0.15, 0.2) is 6.29 Å². The van der Waals surface area contributed by atoms with E-state index in [-0.39, 0.29) is 11.3 Å². The van der Waals surface area contributed by atoms with Crippen molar-refractivity contribution in [3.05, 3.63) is 29.2 Å². The second kappa shape index (κ2) is 3.31. The molecule has 76 valence electrons. The van der Waals surface area contributed by atoms with Crippen LogP contribution in [0.1, 0.15) is 21.5 Å². The van der Waals surface area contributed by atoms with Crippen molar-refractivity contribution in [1.82, 2.24) is 9.97 Å². The maximum absolute atomic E-state index is 10.9. The molecule has 4 heteroatoms. The minimum atomic E-state index is 0.00806. The molecule has 4 nitrogen and oxygen atoms in total. The molecule has 0 aliphatic rings. The molecule has 1 N–H and O–H groups in total. The van der Waals surface area contributed by atoms with Crippen LogP contribution in [-0.4, -0.2) is 21.4 Å². The summed E-state index contributed by atoms with van der Waals surface area (Å²) in [6.07, 6.45) is 3.64. The van der Waals surface area contributed by atoms with Crippen LogP contribution in [0.3, 0.4) is 0 Å². The first-order valence-electron chi connectivity index (χ1n) is 4.53. The third-order valence-corrected chi connectivity index (χ3v) is 2.66. The zero-order valence-corrected chi connectivity index (χ0v) is 8.48. The highest BCUT2D eigenvalue weighted by molar-refractivity contribution is 6.00. The van der Waals surface area contributed by atoms with Crippen molar-refractivity contribution in [1.29, 1.82) is 0 Å². The Morgan fingerprint density at radius 3 is 2.73 bits per heavy atom. The Balaban J connectivity index is 3.04. The lowest BCUT2D eigenvalue weighted by molar-refractivity contribution is 0.112. The quantitative estimate of drug-likeness (QED) is 0.716. The molecule has 0 fully saturated rings. The highest BCUT2D eigenvalue weighted by Crippen LogP contribution is 2.31. The number of phenolic OH excluding ortho intramolecular Hbond substituents is 1. The molecule has 15 heavy (non-hydrogen) atoms. The minimum absolute atomic E-state index is 0.00806. The van der Waals surface area contributed by atoms with E-state index in [2.05, 4.69) is 9.97 Å². The molecule has 0 aliphatic carbocycles. The molecule has 1 aromatic heterocycles. The lowest BCUT2D eigenvalue weighted by Gasteiger charge is -2.09. The monoisotopic (exact) mass is 202 g/mol. The number of rotatable bonds is 1. The number of nitrogens with zero attached hydrogens (tertiary/aromatic N) is 2. The van der Waals surface area contributed by atoms with E-state index >= 15 is 0 Å². The number of aldehydes is 1. The Hall–Kier alpha value is -1.97. The number of fused-ring (bicyclic) bond motifs is 1. The molecule has 2 rings (SSSR count). The highest BCUT2D eigenvalue weighted by Gasteiger charge is 2.14. The number of carbonyl (C=O) groups is 1. The number of benzene rings is 1. The average Bonchev–Trinajstić information content (AvgIpc) is 2.27. The summed E-state index contributed by atoms with van der Waals surface area (Å²) in [6, 6.07) is 0. The van der Waals surface area contributed by atoms with E-state index in [1.54, 1.807) is 13.1 Å². The smallest absolute Gasteiger partial charge is 0.156 e. The molecule has 0 unspecified atom stereocenters. The molecule has 0 saturated heterocycles. The van der Waals surface area contributed by atoms with Crippen molar-refractivity contribution >= 4 is 17.2 Å². The van der Waals surface area contributed by atoms with E-state index in [1.165, 1.54) is 6.33 Å². The van der Waals surface area contributed by atoms with Crippen LogP contribution in [0, 0.1) is 13.8 Å². The van der Waals surface area contributed by atoms with Gasteiger partial charge in [-0.25, -0.2) is 9.97 Å². The van der Waals surface area contributed by atoms with Crippen molar-refractivity contribution in [2.75, 3.05) is 0 Å². The predicted octanol–water partition coefficient (Wildman–Crippen LogP) is 1.76. The largest absolute Gasteiger partial charge is 0.507 e. The minimum Gasteiger partial charge on any atom is -0.507 e. The molecular weight excluding hydrogens is 192 g/mol.